The highest BCUT2D eigenvalue weighted by molar-refractivity contribution is 6.06. The Hall–Kier alpha value is -2.97. The molecule has 1 atom stereocenters. The Morgan fingerprint density at radius 2 is 1.90 bits per heavy atom. The Morgan fingerprint density at radius 1 is 1.20 bits per heavy atom. The lowest BCUT2D eigenvalue weighted by Gasteiger charge is -2.35. The van der Waals surface area contributed by atoms with Crippen molar-refractivity contribution in [2.45, 2.75) is 19.9 Å². The van der Waals surface area contributed by atoms with Gasteiger partial charge >= 0.3 is 0 Å². The Morgan fingerprint density at radius 3 is 2.60 bits per heavy atom. The maximum Gasteiger partial charge on any atom is 0.265 e. The van der Waals surface area contributed by atoms with E-state index in [9.17, 15) is 9.59 Å². The minimum Gasteiger partial charge on any atom is -0.442 e. The van der Waals surface area contributed by atoms with Crippen molar-refractivity contribution in [1.82, 2.24) is 19.8 Å². The normalized spacial score (nSPS) is 16.0. The number of carbonyl (C=O) groups is 1. The second-order valence-electron chi connectivity index (χ2n) is 7.66. The summed E-state index contributed by atoms with van der Waals surface area (Å²) < 4.78 is 12.4. The number of aryl methyl sites for hydroxylation is 3. The number of hydrogen-bond acceptors (Lipinski definition) is 6. The molecular weight excluding hydrogens is 384 g/mol. The van der Waals surface area contributed by atoms with Crippen LogP contribution in [0.15, 0.2) is 39.8 Å². The van der Waals surface area contributed by atoms with Crippen LogP contribution in [0.25, 0.3) is 11.1 Å². The standard InChI is InChI=1S/C22H26N4O4/c1-14-4-6-16(7-5-14)17(26-8-10-29-11-9-26)12-23-20(27)18-15(2)30-21-19(18)22(28)25(3)13-24-21/h4-7,13,17H,8-12H2,1-3H3,(H,23,27). The van der Waals surface area contributed by atoms with Gasteiger partial charge in [0.05, 0.1) is 24.8 Å². The summed E-state index contributed by atoms with van der Waals surface area (Å²) in [5.74, 6) is 0.0540. The highest BCUT2D eigenvalue weighted by atomic mass is 16.5. The molecule has 0 radical (unpaired) electrons. The molecule has 0 saturated carbocycles. The van der Waals surface area contributed by atoms with Crippen LogP contribution in [0.2, 0.25) is 0 Å². The highest BCUT2D eigenvalue weighted by Crippen LogP contribution is 2.24. The van der Waals surface area contributed by atoms with Gasteiger partial charge in [-0.1, -0.05) is 29.8 Å². The van der Waals surface area contributed by atoms with Gasteiger partial charge in [-0.05, 0) is 19.4 Å². The van der Waals surface area contributed by atoms with Gasteiger partial charge in [0.1, 0.15) is 17.5 Å². The predicted molar refractivity (Wildman–Crippen MR) is 113 cm³/mol. The van der Waals surface area contributed by atoms with E-state index in [2.05, 4.69) is 46.4 Å². The fourth-order valence-electron chi connectivity index (χ4n) is 3.87. The highest BCUT2D eigenvalue weighted by Gasteiger charge is 2.26. The number of morpholine rings is 1. The van der Waals surface area contributed by atoms with Crippen LogP contribution in [0.1, 0.15) is 33.3 Å². The molecule has 1 N–H and O–H groups in total. The lowest BCUT2D eigenvalue weighted by Crippen LogP contribution is -2.44. The minimum absolute atomic E-state index is 0.0119. The van der Waals surface area contributed by atoms with Gasteiger partial charge in [0.2, 0.25) is 5.71 Å². The molecular formula is C22H26N4O4. The predicted octanol–water partition coefficient (Wildman–Crippen LogP) is 1.95. The SMILES string of the molecule is Cc1ccc(C(CNC(=O)c2c(C)oc3ncn(C)c(=O)c23)N2CCOCC2)cc1. The number of aromatic nitrogens is 2. The summed E-state index contributed by atoms with van der Waals surface area (Å²) in [4.78, 5) is 32.1. The van der Waals surface area contributed by atoms with Gasteiger partial charge in [-0.2, -0.15) is 0 Å². The summed E-state index contributed by atoms with van der Waals surface area (Å²) in [5, 5.41) is 3.23. The number of rotatable bonds is 5. The van der Waals surface area contributed by atoms with Gasteiger partial charge in [-0.25, -0.2) is 4.98 Å². The lowest BCUT2D eigenvalue weighted by molar-refractivity contribution is 0.0162. The average molecular weight is 410 g/mol. The van der Waals surface area contributed by atoms with Gasteiger partial charge < -0.3 is 19.0 Å². The molecule has 158 valence electrons. The Kier molecular flexibility index (Phi) is 5.69. The van der Waals surface area contributed by atoms with E-state index >= 15 is 0 Å². The Bertz CT molecular complexity index is 1110. The number of furan rings is 1. The molecule has 1 amide bonds. The van der Waals surface area contributed by atoms with Crippen molar-refractivity contribution < 1.29 is 13.9 Å². The number of amides is 1. The summed E-state index contributed by atoms with van der Waals surface area (Å²) in [6.45, 7) is 7.08. The van der Waals surface area contributed by atoms with E-state index < -0.39 is 0 Å². The Balaban J connectivity index is 1.61. The molecule has 8 nitrogen and oxygen atoms in total. The number of benzene rings is 1. The third-order valence-electron chi connectivity index (χ3n) is 5.58. The molecule has 1 aliphatic rings. The van der Waals surface area contributed by atoms with E-state index in [1.54, 1.807) is 14.0 Å². The molecule has 3 aromatic rings. The van der Waals surface area contributed by atoms with Crippen molar-refractivity contribution in [2.75, 3.05) is 32.8 Å². The molecule has 4 rings (SSSR count). The van der Waals surface area contributed by atoms with Crippen LogP contribution >= 0.6 is 0 Å². The molecule has 0 aliphatic carbocycles. The molecule has 30 heavy (non-hydrogen) atoms. The fourth-order valence-corrected chi connectivity index (χ4v) is 3.87. The molecule has 0 bridgehead atoms. The zero-order valence-electron chi connectivity index (χ0n) is 17.5. The molecule has 3 heterocycles. The van der Waals surface area contributed by atoms with Crippen LogP contribution in [-0.2, 0) is 11.8 Å². The number of hydrogen-bond donors (Lipinski definition) is 1. The molecule has 1 saturated heterocycles. The van der Waals surface area contributed by atoms with E-state index in [1.165, 1.54) is 16.5 Å². The maximum absolute atomic E-state index is 13.1. The Labute approximate surface area is 174 Å². The van der Waals surface area contributed by atoms with Crippen LogP contribution in [-0.4, -0.2) is 53.2 Å². The topological polar surface area (TPSA) is 89.6 Å². The summed E-state index contributed by atoms with van der Waals surface area (Å²) in [5.41, 5.74) is 2.46. The van der Waals surface area contributed by atoms with E-state index in [4.69, 9.17) is 9.15 Å². The van der Waals surface area contributed by atoms with Crippen molar-refractivity contribution >= 4 is 17.0 Å². The third kappa shape index (κ3) is 3.88. The van der Waals surface area contributed by atoms with Crippen molar-refractivity contribution in [3.05, 3.63) is 63.4 Å². The van der Waals surface area contributed by atoms with Gasteiger partial charge in [0.25, 0.3) is 11.5 Å². The number of carbonyl (C=O) groups excluding carboxylic acids is 1. The molecule has 1 aromatic carbocycles. The number of ether oxygens (including phenoxy) is 1. The quantitative estimate of drug-likeness (QED) is 0.692. The number of nitrogens with zero attached hydrogens (tertiary/aromatic N) is 3. The monoisotopic (exact) mass is 410 g/mol. The van der Waals surface area contributed by atoms with Crippen molar-refractivity contribution in [2.24, 2.45) is 7.05 Å². The molecule has 2 aromatic heterocycles. The van der Waals surface area contributed by atoms with E-state index in [0.717, 1.165) is 18.7 Å². The van der Waals surface area contributed by atoms with Crippen LogP contribution < -0.4 is 10.9 Å². The summed E-state index contributed by atoms with van der Waals surface area (Å²) in [6.07, 6.45) is 1.39. The molecule has 8 heteroatoms. The third-order valence-corrected chi connectivity index (χ3v) is 5.58. The number of fused-ring (bicyclic) bond motifs is 1. The minimum atomic E-state index is -0.332. The van der Waals surface area contributed by atoms with Gasteiger partial charge in [0, 0.05) is 26.7 Å². The van der Waals surface area contributed by atoms with Crippen LogP contribution in [0.4, 0.5) is 0 Å². The smallest absolute Gasteiger partial charge is 0.265 e. The van der Waals surface area contributed by atoms with Crippen molar-refractivity contribution in [3.8, 4) is 0 Å². The van der Waals surface area contributed by atoms with E-state index in [0.29, 0.717) is 25.5 Å². The largest absolute Gasteiger partial charge is 0.442 e. The van der Waals surface area contributed by atoms with E-state index in [-0.39, 0.29) is 34.2 Å². The van der Waals surface area contributed by atoms with Crippen LogP contribution in [0.5, 0.6) is 0 Å². The van der Waals surface area contributed by atoms with Crippen molar-refractivity contribution in [1.29, 1.82) is 0 Å². The van der Waals surface area contributed by atoms with Crippen LogP contribution in [0, 0.1) is 13.8 Å². The fraction of sp³-hybridized carbons (Fsp3) is 0.409. The molecule has 0 spiro atoms. The summed E-state index contributed by atoms with van der Waals surface area (Å²) >= 11 is 0. The van der Waals surface area contributed by atoms with Crippen LogP contribution in [0.3, 0.4) is 0 Å². The first-order valence-corrected chi connectivity index (χ1v) is 10.1. The van der Waals surface area contributed by atoms with E-state index in [1.807, 2.05) is 0 Å². The summed E-state index contributed by atoms with van der Waals surface area (Å²) in [7, 11) is 1.60. The van der Waals surface area contributed by atoms with Crippen molar-refractivity contribution in [3.63, 3.8) is 0 Å². The molecule has 1 aliphatic heterocycles. The number of nitrogens with one attached hydrogen (secondary N) is 1. The zero-order valence-corrected chi connectivity index (χ0v) is 17.5. The molecule has 1 unspecified atom stereocenters. The lowest BCUT2D eigenvalue weighted by atomic mass is 10.0. The zero-order chi connectivity index (χ0) is 21.3. The first-order chi connectivity index (χ1) is 14.5. The van der Waals surface area contributed by atoms with Gasteiger partial charge in [-0.3, -0.25) is 14.5 Å². The average Bonchev–Trinajstić information content (AvgIpc) is 3.09. The first-order valence-electron chi connectivity index (χ1n) is 10.1. The summed E-state index contributed by atoms with van der Waals surface area (Å²) in [6, 6.07) is 8.36. The van der Waals surface area contributed by atoms with Gasteiger partial charge in [0.15, 0.2) is 0 Å². The first kappa shape index (κ1) is 20.3. The molecule has 1 fully saturated rings. The maximum atomic E-state index is 13.1. The van der Waals surface area contributed by atoms with Gasteiger partial charge in [-0.15, -0.1) is 0 Å². The second kappa shape index (κ2) is 8.41. The second-order valence-corrected chi connectivity index (χ2v) is 7.66.